The normalized spacial score (nSPS) is 15.5. The number of nitrogens with zero attached hydrogens (tertiary/aromatic N) is 3. The average Bonchev–Trinajstić information content (AvgIpc) is 3.08. The number of imide groups is 1. The number of methoxy groups -OCH3 is 1. The summed E-state index contributed by atoms with van der Waals surface area (Å²) in [6, 6.07) is 6.94. The van der Waals surface area contributed by atoms with Crippen molar-refractivity contribution in [3.05, 3.63) is 24.3 Å². The van der Waals surface area contributed by atoms with Gasteiger partial charge in [-0.15, -0.1) is 10.2 Å². The lowest BCUT2D eigenvalue weighted by Gasteiger charge is -2.22. The number of hydrogen-bond donors (Lipinski definition) is 3. The van der Waals surface area contributed by atoms with Crippen LogP contribution >= 0.6 is 11.8 Å². The minimum absolute atomic E-state index is 0.138. The van der Waals surface area contributed by atoms with Crippen molar-refractivity contribution in [3.63, 3.8) is 0 Å². The van der Waals surface area contributed by atoms with Crippen molar-refractivity contribution >= 4 is 23.7 Å². The summed E-state index contributed by atoms with van der Waals surface area (Å²) in [6.45, 7) is 1.69. The fourth-order valence-corrected chi connectivity index (χ4v) is 3.96. The van der Waals surface area contributed by atoms with Crippen LogP contribution in [0.2, 0.25) is 0 Å². The predicted molar refractivity (Wildman–Crippen MR) is 111 cm³/mol. The van der Waals surface area contributed by atoms with Crippen molar-refractivity contribution in [2.45, 2.75) is 55.5 Å². The van der Waals surface area contributed by atoms with E-state index in [1.807, 2.05) is 12.1 Å². The Morgan fingerprint density at radius 2 is 1.90 bits per heavy atom. The van der Waals surface area contributed by atoms with E-state index in [2.05, 4.69) is 20.8 Å². The van der Waals surface area contributed by atoms with Crippen molar-refractivity contribution < 1.29 is 14.3 Å². The molecule has 4 N–H and O–H groups in total. The van der Waals surface area contributed by atoms with Gasteiger partial charge in [0.05, 0.1) is 12.4 Å². The SMILES string of the molecule is COc1ccc(-c2nnc(SC(C)C(=O)NC(=O)NC3CCCCC3)n2N)cc1. The fraction of sp³-hybridized carbons (Fsp3) is 0.474. The van der Waals surface area contributed by atoms with Crippen LogP contribution in [-0.4, -0.2) is 45.2 Å². The van der Waals surface area contributed by atoms with E-state index in [0.29, 0.717) is 11.0 Å². The first-order chi connectivity index (χ1) is 14.0. The maximum atomic E-state index is 12.4. The molecular formula is C19H26N6O3S. The third-order valence-electron chi connectivity index (χ3n) is 4.84. The zero-order valence-electron chi connectivity index (χ0n) is 16.6. The first-order valence-corrected chi connectivity index (χ1v) is 10.5. The van der Waals surface area contributed by atoms with Crippen LogP contribution in [-0.2, 0) is 4.79 Å². The maximum Gasteiger partial charge on any atom is 0.321 e. The van der Waals surface area contributed by atoms with Gasteiger partial charge in [0.2, 0.25) is 11.1 Å². The van der Waals surface area contributed by atoms with Crippen LogP contribution in [0.3, 0.4) is 0 Å². The number of nitrogens with one attached hydrogen (secondary N) is 2. The number of aromatic nitrogens is 3. The van der Waals surface area contributed by atoms with Gasteiger partial charge in [-0.3, -0.25) is 10.1 Å². The number of urea groups is 1. The third-order valence-corrected chi connectivity index (χ3v) is 5.90. The number of ether oxygens (including phenoxy) is 1. The van der Waals surface area contributed by atoms with Crippen LogP contribution in [0.15, 0.2) is 29.4 Å². The lowest BCUT2D eigenvalue weighted by Crippen LogP contribution is -2.47. The van der Waals surface area contributed by atoms with E-state index in [0.717, 1.165) is 48.8 Å². The Kier molecular flexibility index (Phi) is 6.97. The highest BCUT2D eigenvalue weighted by atomic mass is 32.2. The van der Waals surface area contributed by atoms with Gasteiger partial charge >= 0.3 is 6.03 Å². The molecule has 3 rings (SSSR count). The van der Waals surface area contributed by atoms with Crippen molar-refractivity contribution in [1.82, 2.24) is 25.5 Å². The van der Waals surface area contributed by atoms with E-state index in [-0.39, 0.29) is 6.04 Å². The number of thioether (sulfide) groups is 1. The van der Waals surface area contributed by atoms with Gasteiger partial charge in [-0.25, -0.2) is 9.47 Å². The monoisotopic (exact) mass is 418 g/mol. The van der Waals surface area contributed by atoms with Crippen LogP contribution in [0.1, 0.15) is 39.0 Å². The van der Waals surface area contributed by atoms with Crippen LogP contribution in [0.25, 0.3) is 11.4 Å². The second kappa shape index (κ2) is 9.64. The zero-order valence-corrected chi connectivity index (χ0v) is 17.4. The number of nitrogen functional groups attached to an aromatic ring is 1. The van der Waals surface area contributed by atoms with E-state index < -0.39 is 17.2 Å². The van der Waals surface area contributed by atoms with Crippen molar-refractivity contribution in [1.29, 1.82) is 0 Å². The quantitative estimate of drug-likeness (QED) is 0.486. The zero-order chi connectivity index (χ0) is 20.8. The van der Waals surface area contributed by atoms with Gasteiger partial charge in [0, 0.05) is 11.6 Å². The van der Waals surface area contributed by atoms with E-state index in [1.165, 1.54) is 11.1 Å². The van der Waals surface area contributed by atoms with Crippen LogP contribution in [0.4, 0.5) is 4.79 Å². The summed E-state index contributed by atoms with van der Waals surface area (Å²) in [4.78, 5) is 24.4. The second-order valence-corrected chi connectivity index (χ2v) is 8.27. The average molecular weight is 419 g/mol. The number of nitrogens with two attached hydrogens (primary N) is 1. The molecule has 1 fully saturated rings. The van der Waals surface area contributed by atoms with E-state index in [4.69, 9.17) is 10.6 Å². The molecule has 1 aliphatic carbocycles. The molecule has 0 radical (unpaired) electrons. The van der Waals surface area contributed by atoms with Crippen molar-refractivity contribution in [3.8, 4) is 17.1 Å². The fourth-order valence-electron chi connectivity index (χ4n) is 3.19. The largest absolute Gasteiger partial charge is 0.497 e. The maximum absolute atomic E-state index is 12.4. The Balaban J connectivity index is 1.56. The lowest BCUT2D eigenvalue weighted by atomic mass is 9.96. The number of rotatable bonds is 6. The molecule has 0 spiro atoms. The first-order valence-electron chi connectivity index (χ1n) is 9.61. The Bertz CT molecular complexity index is 848. The summed E-state index contributed by atoms with van der Waals surface area (Å²) in [5.74, 6) is 6.90. The molecule has 10 heteroatoms. The van der Waals surface area contributed by atoms with E-state index in [1.54, 1.807) is 26.2 Å². The number of benzene rings is 1. The molecule has 0 bridgehead atoms. The highest BCUT2D eigenvalue weighted by Gasteiger charge is 2.23. The standard InChI is InChI=1S/C19H26N6O3S/c1-12(17(26)22-18(27)21-14-6-4-3-5-7-14)29-19-24-23-16(25(19)20)13-8-10-15(28-2)11-9-13/h8-12,14H,3-7,20H2,1-2H3,(H2,21,22,26,27). The number of amides is 3. The van der Waals surface area contributed by atoms with Crippen LogP contribution < -0.4 is 21.2 Å². The minimum Gasteiger partial charge on any atom is -0.497 e. The molecule has 1 saturated carbocycles. The lowest BCUT2D eigenvalue weighted by molar-refractivity contribution is -0.119. The molecule has 2 aromatic rings. The Morgan fingerprint density at radius 1 is 1.21 bits per heavy atom. The summed E-state index contributed by atoms with van der Waals surface area (Å²) < 4.78 is 6.48. The molecule has 9 nitrogen and oxygen atoms in total. The molecular weight excluding hydrogens is 392 g/mol. The molecule has 0 saturated heterocycles. The smallest absolute Gasteiger partial charge is 0.321 e. The van der Waals surface area contributed by atoms with Crippen LogP contribution in [0, 0.1) is 0 Å². The first kappa shape index (κ1) is 21.0. The van der Waals surface area contributed by atoms with Gasteiger partial charge in [0.1, 0.15) is 5.75 Å². The van der Waals surface area contributed by atoms with Crippen molar-refractivity contribution in [2.24, 2.45) is 0 Å². The van der Waals surface area contributed by atoms with Gasteiger partial charge in [0.15, 0.2) is 5.82 Å². The molecule has 156 valence electrons. The summed E-state index contributed by atoms with van der Waals surface area (Å²) in [5.41, 5.74) is 0.775. The Morgan fingerprint density at radius 3 is 2.55 bits per heavy atom. The summed E-state index contributed by atoms with van der Waals surface area (Å²) in [6.07, 6.45) is 5.32. The molecule has 1 heterocycles. The second-order valence-electron chi connectivity index (χ2n) is 6.96. The van der Waals surface area contributed by atoms with E-state index in [9.17, 15) is 9.59 Å². The number of hydrogen-bond acceptors (Lipinski definition) is 7. The van der Waals surface area contributed by atoms with Gasteiger partial charge in [-0.05, 0) is 44.0 Å². The Labute approximate surface area is 173 Å². The van der Waals surface area contributed by atoms with E-state index >= 15 is 0 Å². The molecule has 0 aliphatic heterocycles. The predicted octanol–water partition coefficient (Wildman–Crippen LogP) is 2.31. The highest BCUT2D eigenvalue weighted by Crippen LogP contribution is 2.26. The summed E-state index contributed by atoms with van der Waals surface area (Å²) in [5, 5.41) is 13.3. The van der Waals surface area contributed by atoms with Gasteiger partial charge in [-0.2, -0.15) is 0 Å². The summed E-state index contributed by atoms with van der Waals surface area (Å²) in [7, 11) is 1.59. The van der Waals surface area contributed by atoms with Crippen molar-refractivity contribution in [2.75, 3.05) is 13.0 Å². The molecule has 3 amide bonds. The Hall–Kier alpha value is -2.75. The molecule has 1 unspecified atom stereocenters. The molecule has 29 heavy (non-hydrogen) atoms. The number of carbonyl (C=O) groups excluding carboxylic acids is 2. The molecule has 1 aliphatic rings. The summed E-state index contributed by atoms with van der Waals surface area (Å²) >= 11 is 1.14. The highest BCUT2D eigenvalue weighted by molar-refractivity contribution is 8.00. The van der Waals surface area contributed by atoms with Gasteiger partial charge < -0.3 is 15.9 Å². The van der Waals surface area contributed by atoms with Crippen LogP contribution in [0.5, 0.6) is 5.75 Å². The topological polar surface area (TPSA) is 124 Å². The number of carbonyl (C=O) groups is 2. The third kappa shape index (κ3) is 5.41. The minimum atomic E-state index is -0.567. The van der Waals surface area contributed by atoms with Gasteiger partial charge in [-0.1, -0.05) is 31.0 Å². The molecule has 1 aromatic heterocycles. The van der Waals surface area contributed by atoms with Gasteiger partial charge in [0.25, 0.3) is 0 Å². The molecule has 1 atom stereocenters. The molecule has 1 aromatic carbocycles.